The molecule has 27 heavy (non-hydrogen) atoms. The Labute approximate surface area is 163 Å². The van der Waals surface area contributed by atoms with Crippen molar-refractivity contribution in [2.24, 2.45) is 27.2 Å². The summed E-state index contributed by atoms with van der Waals surface area (Å²) in [5, 5.41) is 0.569. The summed E-state index contributed by atoms with van der Waals surface area (Å²) in [4.78, 5) is 28.3. The molecule has 0 spiro atoms. The minimum Gasteiger partial charge on any atom is -0.380 e. The van der Waals surface area contributed by atoms with E-state index in [1.165, 1.54) is 18.9 Å². The van der Waals surface area contributed by atoms with Crippen LogP contribution in [0.1, 0.15) is 20.8 Å². The van der Waals surface area contributed by atoms with Gasteiger partial charge in [0.15, 0.2) is 11.1 Å². The Balaban J connectivity index is 2.97. The summed E-state index contributed by atoms with van der Waals surface area (Å²) in [5.74, 6) is 1.32. The number of nitrogens with zero attached hydrogens (tertiary/aromatic N) is 6. The number of nitrogens with one attached hydrogen (secondary N) is 1. The fourth-order valence-electron chi connectivity index (χ4n) is 1.89. The standard InChI is InChI=1S/C14H28N10O2S/c1-5-24(6-2)13-20-12(21-14(22-13)27-7-3)19-11(17)23-26-9(8-25-4)18-10(15)16/h9H,5-8H2,1-4H3,(H4,15,16,18)(H3,17,19,20,21,22,23). The predicted octanol–water partition coefficient (Wildman–Crippen LogP) is -0.457. The average molecular weight is 401 g/mol. The van der Waals surface area contributed by atoms with E-state index >= 15 is 0 Å². The lowest BCUT2D eigenvalue weighted by molar-refractivity contribution is -0.0285. The molecule has 7 N–H and O–H groups in total. The SMILES string of the molecule is CCSc1nc(N=C(N)NOC(COC)N=C(N)N)nc(N(CC)CC)n1. The highest BCUT2D eigenvalue weighted by Crippen LogP contribution is 2.19. The molecule has 0 fully saturated rings. The van der Waals surface area contributed by atoms with Crippen molar-refractivity contribution in [1.29, 1.82) is 0 Å². The van der Waals surface area contributed by atoms with Gasteiger partial charge in [0.25, 0.3) is 5.95 Å². The summed E-state index contributed by atoms with van der Waals surface area (Å²) >= 11 is 1.49. The Kier molecular flexibility index (Phi) is 10.1. The molecule has 1 aromatic heterocycles. The number of guanidine groups is 2. The zero-order valence-corrected chi connectivity index (χ0v) is 16.9. The number of hydrogen-bond donors (Lipinski definition) is 4. The van der Waals surface area contributed by atoms with Crippen LogP contribution in [0.3, 0.4) is 0 Å². The maximum Gasteiger partial charge on any atom is 0.258 e. The first-order chi connectivity index (χ1) is 12.9. The van der Waals surface area contributed by atoms with Crippen molar-refractivity contribution in [2.45, 2.75) is 32.2 Å². The van der Waals surface area contributed by atoms with Crippen molar-refractivity contribution in [3.05, 3.63) is 0 Å². The third kappa shape index (κ3) is 8.23. The molecule has 0 bridgehead atoms. The first kappa shape index (κ1) is 22.7. The summed E-state index contributed by atoms with van der Waals surface area (Å²) in [6.07, 6.45) is -0.787. The normalized spacial score (nSPS) is 12.5. The largest absolute Gasteiger partial charge is 0.380 e. The Bertz CT molecular complexity index is 634. The molecular formula is C14H28N10O2S. The Hall–Kier alpha value is -2.38. The van der Waals surface area contributed by atoms with Gasteiger partial charge >= 0.3 is 0 Å². The average Bonchev–Trinajstić information content (AvgIpc) is 2.61. The van der Waals surface area contributed by atoms with Gasteiger partial charge in [0.2, 0.25) is 18.1 Å². The minimum atomic E-state index is -0.787. The molecule has 0 aliphatic heterocycles. The molecule has 0 saturated carbocycles. The van der Waals surface area contributed by atoms with E-state index in [-0.39, 0.29) is 24.5 Å². The first-order valence-corrected chi connectivity index (χ1v) is 9.39. The van der Waals surface area contributed by atoms with E-state index in [1.54, 1.807) is 0 Å². The number of anilines is 1. The van der Waals surface area contributed by atoms with Crippen molar-refractivity contribution >= 4 is 35.6 Å². The number of hydrogen-bond acceptors (Lipinski definition) is 9. The number of aromatic nitrogens is 3. The summed E-state index contributed by atoms with van der Waals surface area (Å²) < 4.78 is 4.96. The van der Waals surface area contributed by atoms with Crippen LogP contribution in [0, 0.1) is 0 Å². The third-order valence-electron chi connectivity index (χ3n) is 3.03. The summed E-state index contributed by atoms with van der Waals surface area (Å²) in [6.45, 7) is 7.69. The molecule has 1 atom stereocenters. The Morgan fingerprint density at radius 1 is 1.19 bits per heavy atom. The van der Waals surface area contributed by atoms with E-state index in [9.17, 15) is 0 Å². The molecule has 0 aromatic carbocycles. The maximum atomic E-state index is 5.84. The molecule has 12 nitrogen and oxygen atoms in total. The van der Waals surface area contributed by atoms with Crippen LogP contribution in [0.2, 0.25) is 0 Å². The van der Waals surface area contributed by atoms with Gasteiger partial charge in [-0.3, -0.25) is 0 Å². The van der Waals surface area contributed by atoms with E-state index in [0.717, 1.165) is 18.8 Å². The molecule has 0 saturated heterocycles. The molecule has 152 valence electrons. The van der Waals surface area contributed by atoms with Crippen molar-refractivity contribution in [3.63, 3.8) is 0 Å². The van der Waals surface area contributed by atoms with Gasteiger partial charge in [-0.25, -0.2) is 15.3 Å². The zero-order valence-electron chi connectivity index (χ0n) is 16.0. The number of aliphatic imine (C=N–C) groups is 2. The van der Waals surface area contributed by atoms with Gasteiger partial charge in [-0.1, -0.05) is 18.7 Å². The van der Waals surface area contributed by atoms with Gasteiger partial charge in [-0.05, 0) is 19.6 Å². The highest BCUT2D eigenvalue weighted by Gasteiger charge is 2.12. The van der Waals surface area contributed by atoms with Crippen molar-refractivity contribution in [2.75, 3.05) is 37.5 Å². The van der Waals surface area contributed by atoms with Crippen LogP contribution in [0.4, 0.5) is 11.9 Å². The fourth-order valence-corrected chi connectivity index (χ4v) is 2.44. The van der Waals surface area contributed by atoms with Crippen molar-refractivity contribution in [3.8, 4) is 0 Å². The van der Waals surface area contributed by atoms with Gasteiger partial charge in [0, 0.05) is 20.2 Å². The highest BCUT2D eigenvalue weighted by molar-refractivity contribution is 7.99. The van der Waals surface area contributed by atoms with Crippen LogP contribution >= 0.6 is 11.8 Å². The predicted molar refractivity (Wildman–Crippen MR) is 107 cm³/mol. The molecule has 1 heterocycles. The van der Waals surface area contributed by atoms with E-state index in [4.69, 9.17) is 26.8 Å². The number of methoxy groups -OCH3 is 1. The van der Waals surface area contributed by atoms with Crippen LogP contribution in [0.25, 0.3) is 0 Å². The lowest BCUT2D eigenvalue weighted by atomic mass is 10.5. The van der Waals surface area contributed by atoms with Gasteiger partial charge in [0.05, 0.1) is 6.61 Å². The molecule has 0 amide bonds. The van der Waals surface area contributed by atoms with Crippen LogP contribution in [0.15, 0.2) is 15.1 Å². The monoisotopic (exact) mass is 400 g/mol. The summed E-state index contributed by atoms with van der Waals surface area (Å²) in [6, 6.07) is 0. The maximum absolute atomic E-state index is 5.84. The smallest absolute Gasteiger partial charge is 0.258 e. The molecule has 13 heteroatoms. The quantitative estimate of drug-likeness (QED) is 0.164. The molecule has 1 rings (SSSR count). The van der Waals surface area contributed by atoms with E-state index < -0.39 is 6.23 Å². The summed E-state index contributed by atoms with van der Waals surface area (Å²) in [5.41, 5.74) is 19.0. The van der Waals surface area contributed by atoms with Gasteiger partial charge in [-0.15, -0.1) is 0 Å². The minimum absolute atomic E-state index is 0.0639. The number of thioether (sulfide) groups is 1. The molecule has 0 radical (unpaired) electrons. The number of nitrogens with two attached hydrogens (primary N) is 3. The van der Waals surface area contributed by atoms with E-state index in [0.29, 0.717) is 11.1 Å². The van der Waals surface area contributed by atoms with E-state index in [2.05, 4.69) is 30.4 Å². The second kappa shape index (κ2) is 12.1. The molecule has 1 unspecified atom stereocenters. The second-order valence-electron chi connectivity index (χ2n) is 5.00. The number of hydroxylamine groups is 1. The van der Waals surface area contributed by atoms with Crippen LogP contribution in [0.5, 0.6) is 0 Å². The van der Waals surface area contributed by atoms with E-state index in [1.807, 2.05) is 25.7 Å². The fraction of sp³-hybridized carbons (Fsp3) is 0.643. The number of ether oxygens (including phenoxy) is 1. The topological polar surface area (TPSA) is 175 Å². The molecule has 1 aromatic rings. The lowest BCUT2D eigenvalue weighted by Crippen LogP contribution is -2.38. The van der Waals surface area contributed by atoms with Gasteiger partial charge < -0.3 is 26.8 Å². The third-order valence-corrected chi connectivity index (χ3v) is 3.76. The second-order valence-corrected chi connectivity index (χ2v) is 6.24. The Morgan fingerprint density at radius 3 is 2.44 bits per heavy atom. The van der Waals surface area contributed by atoms with Crippen molar-refractivity contribution < 1.29 is 9.57 Å². The Morgan fingerprint density at radius 2 is 1.89 bits per heavy atom. The van der Waals surface area contributed by atoms with Crippen LogP contribution in [-0.4, -0.2) is 65.7 Å². The van der Waals surface area contributed by atoms with Crippen molar-refractivity contribution in [1.82, 2.24) is 20.4 Å². The molecule has 0 aliphatic carbocycles. The van der Waals surface area contributed by atoms with Crippen LogP contribution in [-0.2, 0) is 9.57 Å². The first-order valence-electron chi connectivity index (χ1n) is 8.40. The highest BCUT2D eigenvalue weighted by atomic mass is 32.2. The van der Waals surface area contributed by atoms with Gasteiger partial charge in [0.1, 0.15) is 0 Å². The lowest BCUT2D eigenvalue weighted by Gasteiger charge is -2.18. The number of rotatable bonds is 11. The molecule has 0 aliphatic rings. The zero-order chi connectivity index (χ0) is 20.2. The molecular weight excluding hydrogens is 372 g/mol. The summed E-state index contributed by atoms with van der Waals surface area (Å²) in [7, 11) is 1.49. The van der Waals surface area contributed by atoms with Crippen LogP contribution < -0.4 is 27.6 Å². The van der Waals surface area contributed by atoms with Gasteiger partial charge in [-0.2, -0.15) is 19.9 Å².